The molecule has 1 unspecified atom stereocenters. The predicted molar refractivity (Wildman–Crippen MR) is 68.2 cm³/mol. The van der Waals surface area contributed by atoms with Crippen LogP contribution < -0.4 is 5.73 Å². The molecule has 0 aliphatic carbocycles. The summed E-state index contributed by atoms with van der Waals surface area (Å²) in [5.74, 6) is 0.389. The number of ether oxygens (including phenoxy) is 1. The Balaban J connectivity index is 2.07. The first-order chi connectivity index (χ1) is 9.03. The maximum atomic E-state index is 10.4. The van der Waals surface area contributed by atoms with Crippen molar-refractivity contribution in [3.05, 3.63) is 18.6 Å². The molecule has 0 spiro atoms. The lowest BCUT2D eigenvalue weighted by molar-refractivity contribution is -0.0852. The van der Waals surface area contributed by atoms with E-state index in [1.165, 1.54) is 6.33 Å². The van der Waals surface area contributed by atoms with Gasteiger partial charge in [0, 0.05) is 12.6 Å². The van der Waals surface area contributed by atoms with Crippen LogP contribution in [0.15, 0.2) is 18.6 Å². The van der Waals surface area contributed by atoms with E-state index in [0.717, 1.165) is 0 Å². The van der Waals surface area contributed by atoms with E-state index >= 15 is 0 Å². The van der Waals surface area contributed by atoms with Gasteiger partial charge in [0.05, 0.1) is 18.1 Å². The van der Waals surface area contributed by atoms with E-state index in [4.69, 9.17) is 10.5 Å². The molecule has 2 aromatic rings. The van der Waals surface area contributed by atoms with Crippen molar-refractivity contribution in [3.8, 4) is 0 Å². The molecule has 3 rings (SSSR count). The molecule has 19 heavy (non-hydrogen) atoms. The monoisotopic (exact) mass is 264 g/mol. The van der Waals surface area contributed by atoms with Crippen molar-refractivity contribution in [3.63, 3.8) is 0 Å². The number of fused-ring (bicyclic) bond motifs is 1. The molecule has 1 aliphatic heterocycles. The number of hydrogen-bond acceptors (Lipinski definition) is 6. The molecular weight excluding hydrogens is 248 g/mol. The van der Waals surface area contributed by atoms with Gasteiger partial charge >= 0.3 is 0 Å². The molecule has 1 saturated heterocycles. The first-order valence-corrected chi connectivity index (χ1v) is 6.08. The minimum atomic E-state index is -1.07. The number of aliphatic hydroxyl groups excluding tert-OH is 1. The van der Waals surface area contributed by atoms with Crippen molar-refractivity contribution in [2.45, 2.75) is 31.3 Å². The lowest BCUT2D eigenvalue weighted by atomic mass is 10.0. The SMILES string of the molecule is C[C@]1(O)C[C@@H](CO)OC1n1ccc2c(N)ncnc21. The third-order valence-corrected chi connectivity index (χ3v) is 3.49. The van der Waals surface area contributed by atoms with E-state index in [-0.39, 0.29) is 12.7 Å². The van der Waals surface area contributed by atoms with Crippen LogP contribution >= 0.6 is 0 Å². The molecule has 0 bridgehead atoms. The van der Waals surface area contributed by atoms with Crippen LogP contribution in [-0.2, 0) is 4.74 Å². The van der Waals surface area contributed by atoms with Crippen LogP contribution in [0.25, 0.3) is 11.0 Å². The van der Waals surface area contributed by atoms with Gasteiger partial charge in [0.15, 0.2) is 6.23 Å². The van der Waals surface area contributed by atoms with Gasteiger partial charge in [0.2, 0.25) is 0 Å². The summed E-state index contributed by atoms with van der Waals surface area (Å²) in [7, 11) is 0. The summed E-state index contributed by atoms with van der Waals surface area (Å²) in [5, 5.41) is 20.3. The maximum absolute atomic E-state index is 10.4. The summed E-state index contributed by atoms with van der Waals surface area (Å²) >= 11 is 0. The van der Waals surface area contributed by atoms with Crippen LogP contribution in [0.4, 0.5) is 5.82 Å². The number of nitrogens with two attached hydrogens (primary N) is 1. The Morgan fingerprint density at radius 2 is 2.37 bits per heavy atom. The fourth-order valence-electron chi connectivity index (χ4n) is 2.59. The number of aliphatic hydroxyl groups is 2. The molecule has 0 saturated carbocycles. The highest BCUT2D eigenvalue weighted by atomic mass is 16.5. The zero-order valence-corrected chi connectivity index (χ0v) is 10.5. The van der Waals surface area contributed by atoms with Crippen LogP contribution in [0.3, 0.4) is 0 Å². The molecule has 4 N–H and O–H groups in total. The zero-order chi connectivity index (χ0) is 13.6. The number of rotatable bonds is 2. The molecular formula is C12H16N4O3. The molecule has 0 radical (unpaired) electrons. The van der Waals surface area contributed by atoms with Gasteiger partial charge in [-0.3, -0.25) is 0 Å². The van der Waals surface area contributed by atoms with Crippen molar-refractivity contribution < 1.29 is 14.9 Å². The normalized spacial score (nSPS) is 31.1. The first kappa shape index (κ1) is 12.3. The highest BCUT2D eigenvalue weighted by molar-refractivity contribution is 5.86. The van der Waals surface area contributed by atoms with E-state index in [0.29, 0.717) is 23.3 Å². The summed E-state index contributed by atoms with van der Waals surface area (Å²) in [5.41, 5.74) is 5.32. The van der Waals surface area contributed by atoms with Gasteiger partial charge in [0.1, 0.15) is 23.4 Å². The van der Waals surface area contributed by atoms with Crippen molar-refractivity contribution in [1.82, 2.24) is 14.5 Å². The summed E-state index contributed by atoms with van der Waals surface area (Å²) < 4.78 is 7.41. The maximum Gasteiger partial charge on any atom is 0.164 e. The van der Waals surface area contributed by atoms with E-state index in [9.17, 15) is 10.2 Å². The fourth-order valence-corrected chi connectivity index (χ4v) is 2.59. The van der Waals surface area contributed by atoms with E-state index in [2.05, 4.69) is 9.97 Å². The van der Waals surface area contributed by atoms with Crippen molar-refractivity contribution in [2.75, 3.05) is 12.3 Å². The van der Waals surface area contributed by atoms with Gasteiger partial charge < -0.3 is 25.3 Å². The third kappa shape index (κ3) is 1.86. The standard InChI is InChI=1S/C12H16N4O3/c1-12(18)4-7(5-17)19-11(12)16-3-2-8-9(13)14-6-15-10(8)16/h2-3,6-7,11,17-18H,4-5H2,1H3,(H2,13,14,15)/t7-,11?,12-/m0/s1. The minimum Gasteiger partial charge on any atom is -0.394 e. The molecule has 0 amide bonds. The number of nitrogens with zero attached hydrogens (tertiary/aromatic N) is 3. The molecule has 7 nitrogen and oxygen atoms in total. The first-order valence-electron chi connectivity index (χ1n) is 6.08. The second-order valence-corrected chi connectivity index (χ2v) is 5.07. The Kier molecular flexibility index (Phi) is 2.70. The molecule has 1 fully saturated rings. The average molecular weight is 264 g/mol. The largest absolute Gasteiger partial charge is 0.394 e. The summed E-state index contributed by atoms with van der Waals surface area (Å²) in [6.45, 7) is 1.56. The smallest absolute Gasteiger partial charge is 0.164 e. The zero-order valence-electron chi connectivity index (χ0n) is 10.5. The van der Waals surface area contributed by atoms with Gasteiger partial charge in [0.25, 0.3) is 0 Å². The van der Waals surface area contributed by atoms with Gasteiger partial charge in [-0.2, -0.15) is 0 Å². The molecule has 0 aromatic carbocycles. The molecule has 7 heteroatoms. The van der Waals surface area contributed by atoms with Crippen LogP contribution in [0.1, 0.15) is 19.6 Å². The molecule has 102 valence electrons. The lowest BCUT2D eigenvalue weighted by Gasteiger charge is -2.25. The minimum absolute atomic E-state index is 0.122. The fraction of sp³-hybridized carbons (Fsp3) is 0.500. The Bertz CT molecular complexity index is 610. The summed E-state index contributed by atoms with van der Waals surface area (Å²) in [6.07, 6.45) is 2.53. The second-order valence-electron chi connectivity index (χ2n) is 5.07. The van der Waals surface area contributed by atoms with Crippen LogP contribution in [0.5, 0.6) is 0 Å². The molecule has 3 heterocycles. The van der Waals surface area contributed by atoms with E-state index < -0.39 is 11.8 Å². The van der Waals surface area contributed by atoms with Crippen LogP contribution in [0.2, 0.25) is 0 Å². The predicted octanol–water partition coefficient (Wildman–Crippen LogP) is 0.0443. The van der Waals surface area contributed by atoms with E-state index in [1.54, 1.807) is 23.8 Å². The Morgan fingerprint density at radius 3 is 3.05 bits per heavy atom. The highest BCUT2D eigenvalue weighted by Gasteiger charge is 2.45. The van der Waals surface area contributed by atoms with Crippen LogP contribution in [-0.4, -0.2) is 43.1 Å². The topological polar surface area (TPSA) is 106 Å². The lowest BCUT2D eigenvalue weighted by Crippen LogP contribution is -2.31. The van der Waals surface area contributed by atoms with Gasteiger partial charge in [-0.1, -0.05) is 0 Å². The van der Waals surface area contributed by atoms with Gasteiger partial charge in [-0.05, 0) is 13.0 Å². The summed E-state index contributed by atoms with van der Waals surface area (Å²) in [6, 6.07) is 1.79. The molecule has 3 atom stereocenters. The van der Waals surface area contributed by atoms with Gasteiger partial charge in [-0.25, -0.2) is 9.97 Å². The van der Waals surface area contributed by atoms with Gasteiger partial charge in [-0.15, -0.1) is 0 Å². The highest BCUT2D eigenvalue weighted by Crippen LogP contribution is 2.39. The Labute approximate surface area is 109 Å². The number of aromatic nitrogens is 3. The number of nitrogen functional groups attached to an aromatic ring is 1. The number of anilines is 1. The van der Waals surface area contributed by atoms with Crippen molar-refractivity contribution >= 4 is 16.9 Å². The van der Waals surface area contributed by atoms with E-state index in [1.807, 2.05) is 0 Å². The molecule has 2 aromatic heterocycles. The average Bonchev–Trinajstić information content (AvgIpc) is 2.90. The summed E-state index contributed by atoms with van der Waals surface area (Å²) in [4.78, 5) is 8.11. The van der Waals surface area contributed by atoms with Crippen molar-refractivity contribution in [1.29, 1.82) is 0 Å². The quantitative estimate of drug-likeness (QED) is 0.707. The van der Waals surface area contributed by atoms with Crippen molar-refractivity contribution in [2.24, 2.45) is 0 Å². The molecule has 1 aliphatic rings. The second kappa shape index (κ2) is 4.16. The third-order valence-electron chi connectivity index (χ3n) is 3.49. The Hall–Kier alpha value is -1.70. The number of hydrogen-bond donors (Lipinski definition) is 3. The Morgan fingerprint density at radius 1 is 1.58 bits per heavy atom. The van der Waals surface area contributed by atoms with Crippen LogP contribution in [0, 0.1) is 0 Å².